The molecule has 2 bridgehead atoms. The smallest absolute Gasteiger partial charge is 0.220 e. The van der Waals surface area contributed by atoms with Gasteiger partial charge >= 0.3 is 0 Å². The number of rotatable bonds is 6. The zero-order valence-corrected chi connectivity index (χ0v) is 13.6. The van der Waals surface area contributed by atoms with E-state index in [1.807, 2.05) is 0 Å². The minimum absolute atomic E-state index is 0. The summed E-state index contributed by atoms with van der Waals surface area (Å²) >= 11 is 0. The molecule has 0 aromatic carbocycles. The van der Waals surface area contributed by atoms with Crippen molar-refractivity contribution in [3.8, 4) is 0 Å². The number of halogens is 1. The first kappa shape index (κ1) is 17.0. The predicted octanol–water partition coefficient (Wildman–Crippen LogP) is 2.40. The van der Waals surface area contributed by atoms with Gasteiger partial charge < -0.3 is 15.4 Å². The zero-order valence-electron chi connectivity index (χ0n) is 12.8. The molecule has 1 amide bonds. The molecule has 2 aliphatic heterocycles. The second-order valence-corrected chi connectivity index (χ2v) is 6.81. The first-order valence-electron chi connectivity index (χ1n) is 8.44. The van der Waals surface area contributed by atoms with Crippen molar-refractivity contribution in [2.24, 2.45) is 5.92 Å². The lowest BCUT2D eigenvalue weighted by atomic mass is 9.89. The van der Waals surface area contributed by atoms with Gasteiger partial charge in [0.05, 0.1) is 12.7 Å². The van der Waals surface area contributed by atoms with Crippen molar-refractivity contribution in [1.29, 1.82) is 0 Å². The van der Waals surface area contributed by atoms with Crippen molar-refractivity contribution in [3.05, 3.63) is 0 Å². The van der Waals surface area contributed by atoms with Crippen LogP contribution in [0.25, 0.3) is 0 Å². The first-order valence-corrected chi connectivity index (χ1v) is 8.44. The minimum atomic E-state index is 0. The molecule has 1 saturated carbocycles. The third-order valence-corrected chi connectivity index (χ3v) is 5.12. The van der Waals surface area contributed by atoms with Gasteiger partial charge in [0.15, 0.2) is 0 Å². The van der Waals surface area contributed by atoms with Gasteiger partial charge in [-0.05, 0) is 44.4 Å². The highest BCUT2D eigenvalue weighted by Crippen LogP contribution is 2.32. The summed E-state index contributed by atoms with van der Waals surface area (Å²) in [6.45, 7) is 1.35. The lowest BCUT2D eigenvalue weighted by Gasteiger charge is -2.28. The number of piperidine rings is 1. The van der Waals surface area contributed by atoms with E-state index in [1.54, 1.807) is 0 Å². The van der Waals surface area contributed by atoms with E-state index in [2.05, 4.69) is 10.6 Å². The Labute approximate surface area is 134 Å². The molecule has 2 atom stereocenters. The number of amides is 1. The van der Waals surface area contributed by atoms with Crippen molar-refractivity contribution in [3.63, 3.8) is 0 Å². The van der Waals surface area contributed by atoms with Crippen LogP contribution in [0.15, 0.2) is 0 Å². The van der Waals surface area contributed by atoms with Crippen LogP contribution >= 0.6 is 12.4 Å². The summed E-state index contributed by atoms with van der Waals surface area (Å²) in [7, 11) is 0. The summed E-state index contributed by atoms with van der Waals surface area (Å²) in [4.78, 5) is 12.0. The molecule has 0 aromatic heterocycles. The monoisotopic (exact) mass is 316 g/mol. The summed E-state index contributed by atoms with van der Waals surface area (Å²) in [6.07, 6.45) is 11.1. The SMILES string of the molecule is Cl.O=C(CC1CC2CCC(C1)N2)NCCOC1CCCC1. The van der Waals surface area contributed by atoms with Crippen molar-refractivity contribution in [2.75, 3.05) is 13.2 Å². The van der Waals surface area contributed by atoms with E-state index in [0.29, 0.717) is 43.7 Å². The standard InChI is InChI=1S/C16H28N2O2.ClH/c19-16(17-7-8-20-15-3-1-2-4-15)11-12-9-13-5-6-14(10-12)18-13;/h12-15,18H,1-11H2,(H,17,19);1H. The number of fused-ring (bicyclic) bond motifs is 2. The Morgan fingerprint density at radius 1 is 1.10 bits per heavy atom. The molecule has 0 radical (unpaired) electrons. The Morgan fingerprint density at radius 2 is 1.76 bits per heavy atom. The van der Waals surface area contributed by atoms with E-state index in [1.165, 1.54) is 51.4 Å². The highest BCUT2D eigenvalue weighted by Gasteiger charge is 2.34. The topological polar surface area (TPSA) is 50.4 Å². The summed E-state index contributed by atoms with van der Waals surface area (Å²) in [5.74, 6) is 0.802. The largest absolute Gasteiger partial charge is 0.376 e. The van der Waals surface area contributed by atoms with Crippen LogP contribution in [0.2, 0.25) is 0 Å². The van der Waals surface area contributed by atoms with Crippen LogP contribution in [0.1, 0.15) is 57.8 Å². The van der Waals surface area contributed by atoms with Gasteiger partial charge in [-0.1, -0.05) is 12.8 Å². The fraction of sp³-hybridized carbons (Fsp3) is 0.938. The molecule has 2 heterocycles. The maximum atomic E-state index is 12.0. The van der Waals surface area contributed by atoms with Crippen molar-refractivity contribution in [1.82, 2.24) is 10.6 Å². The summed E-state index contributed by atoms with van der Waals surface area (Å²) in [6, 6.07) is 1.36. The number of carbonyl (C=O) groups is 1. The van der Waals surface area contributed by atoms with Gasteiger partial charge in [0.1, 0.15) is 0 Å². The van der Waals surface area contributed by atoms with E-state index in [4.69, 9.17) is 4.74 Å². The minimum Gasteiger partial charge on any atom is -0.376 e. The summed E-state index contributed by atoms with van der Waals surface area (Å²) in [5.41, 5.74) is 0. The molecule has 3 aliphatic rings. The van der Waals surface area contributed by atoms with Crippen molar-refractivity contribution < 1.29 is 9.53 Å². The number of carbonyl (C=O) groups excluding carboxylic acids is 1. The van der Waals surface area contributed by atoms with Gasteiger partial charge in [0.25, 0.3) is 0 Å². The summed E-state index contributed by atoms with van der Waals surface area (Å²) in [5, 5.41) is 6.64. The van der Waals surface area contributed by atoms with Crippen molar-refractivity contribution in [2.45, 2.75) is 76.0 Å². The van der Waals surface area contributed by atoms with Crippen LogP contribution < -0.4 is 10.6 Å². The summed E-state index contributed by atoms with van der Waals surface area (Å²) < 4.78 is 5.76. The van der Waals surface area contributed by atoms with E-state index in [0.717, 1.165) is 0 Å². The molecule has 21 heavy (non-hydrogen) atoms. The van der Waals surface area contributed by atoms with Crippen LogP contribution in [0.4, 0.5) is 0 Å². The lowest BCUT2D eigenvalue weighted by molar-refractivity contribution is -0.122. The van der Waals surface area contributed by atoms with Crippen LogP contribution in [-0.4, -0.2) is 37.2 Å². The molecule has 122 valence electrons. The number of ether oxygens (including phenoxy) is 1. The molecule has 4 nitrogen and oxygen atoms in total. The normalized spacial score (nSPS) is 31.9. The molecular formula is C16H29ClN2O2. The Morgan fingerprint density at radius 3 is 2.43 bits per heavy atom. The molecule has 2 saturated heterocycles. The first-order chi connectivity index (χ1) is 9.79. The van der Waals surface area contributed by atoms with Gasteiger partial charge in [-0.3, -0.25) is 4.79 Å². The molecule has 2 unspecified atom stereocenters. The van der Waals surface area contributed by atoms with E-state index >= 15 is 0 Å². The van der Waals surface area contributed by atoms with E-state index in [9.17, 15) is 4.79 Å². The third kappa shape index (κ3) is 5.11. The molecule has 3 rings (SSSR count). The molecule has 1 aliphatic carbocycles. The van der Waals surface area contributed by atoms with Crippen LogP contribution in [-0.2, 0) is 9.53 Å². The maximum absolute atomic E-state index is 12.0. The molecule has 0 aromatic rings. The van der Waals surface area contributed by atoms with Crippen LogP contribution in [0.5, 0.6) is 0 Å². The highest BCUT2D eigenvalue weighted by molar-refractivity contribution is 5.85. The van der Waals surface area contributed by atoms with E-state index in [-0.39, 0.29) is 18.3 Å². The van der Waals surface area contributed by atoms with Gasteiger partial charge in [-0.2, -0.15) is 0 Å². The van der Waals surface area contributed by atoms with Crippen LogP contribution in [0.3, 0.4) is 0 Å². The van der Waals surface area contributed by atoms with Gasteiger partial charge in [-0.15, -0.1) is 12.4 Å². The van der Waals surface area contributed by atoms with Crippen LogP contribution in [0, 0.1) is 5.92 Å². The second-order valence-electron chi connectivity index (χ2n) is 6.81. The van der Waals surface area contributed by atoms with Crippen molar-refractivity contribution >= 4 is 18.3 Å². The fourth-order valence-corrected chi connectivity index (χ4v) is 4.15. The fourth-order valence-electron chi connectivity index (χ4n) is 4.15. The van der Waals surface area contributed by atoms with Gasteiger partial charge in [0, 0.05) is 25.0 Å². The number of hydrogen-bond acceptors (Lipinski definition) is 3. The third-order valence-electron chi connectivity index (χ3n) is 5.12. The Bertz CT molecular complexity index is 322. The molecule has 0 spiro atoms. The molecular weight excluding hydrogens is 288 g/mol. The average Bonchev–Trinajstić information content (AvgIpc) is 3.05. The van der Waals surface area contributed by atoms with Gasteiger partial charge in [-0.25, -0.2) is 0 Å². The zero-order chi connectivity index (χ0) is 13.8. The quantitative estimate of drug-likeness (QED) is 0.740. The van der Waals surface area contributed by atoms with E-state index < -0.39 is 0 Å². The Kier molecular flexibility index (Phi) is 6.77. The highest BCUT2D eigenvalue weighted by atomic mass is 35.5. The lowest BCUT2D eigenvalue weighted by Crippen LogP contribution is -2.40. The van der Waals surface area contributed by atoms with Gasteiger partial charge in [0.2, 0.25) is 5.91 Å². The average molecular weight is 317 g/mol. The Balaban J connectivity index is 0.00000161. The maximum Gasteiger partial charge on any atom is 0.220 e. The Hall–Kier alpha value is -0.320. The number of hydrogen-bond donors (Lipinski definition) is 2. The molecule has 5 heteroatoms. The second kappa shape index (κ2) is 8.35. The molecule has 2 N–H and O–H groups in total. The predicted molar refractivity (Wildman–Crippen MR) is 85.8 cm³/mol. The molecule has 3 fully saturated rings. The number of nitrogens with one attached hydrogen (secondary N) is 2.